The Balaban J connectivity index is 1.73. The SMILES string of the molecule is Cc1nc(-c2ccc(-c3cc4cc(O)ccc4s3)s2)sc1C(=O)O. The number of hydrogen-bond donors (Lipinski definition) is 2. The number of carboxylic acid groups (broad SMARTS) is 1. The van der Waals surface area contributed by atoms with E-state index >= 15 is 0 Å². The number of carboxylic acids is 1. The first kappa shape index (κ1) is 15.3. The van der Waals surface area contributed by atoms with Crippen molar-refractivity contribution in [1.29, 1.82) is 0 Å². The number of aryl methyl sites for hydroxylation is 1. The smallest absolute Gasteiger partial charge is 0.347 e. The van der Waals surface area contributed by atoms with Crippen molar-refractivity contribution < 1.29 is 15.0 Å². The van der Waals surface area contributed by atoms with E-state index < -0.39 is 5.97 Å². The summed E-state index contributed by atoms with van der Waals surface area (Å²) in [4.78, 5) is 19.0. The minimum atomic E-state index is -0.933. The van der Waals surface area contributed by atoms with Crippen molar-refractivity contribution in [3.63, 3.8) is 0 Å². The summed E-state index contributed by atoms with van der Waals surface area (Å²) in [5, 5.41) is 20.5. The van der Waals surface area contributed by atoms with Gasteiger partial charge in [0.15, 0.2) is 0 Å². The van der Waals surface area contributed by atoms with Gasteiger partial charge in [-0.25, -0.2) is 9.78 Å². The maximum atomic E-state index is 11.2. The van der Waals surface area contributed by atoms with Crippen LogP contribution in [-0.4, -0.2) is 21.2 Å². The summed E-state index contributed by atoms with van der Waals surface area (Å²) in [6.07, 6.45) is 0. The number of benzene rings is 1. The van der Waals surface area contributed by atoms with Crippen LogP contribution in [0.1, 0.15) is 15.4 Å². The summed E-state index contributed by atoms with van der Waals surface area (Å²) in [5.74, 6) is -0.671. The average Bonchev–Trinajstić information content (AvgIpc) is 3.22. The topological polar surface area (TPSA) is 70.4 Å². The highest BCUT2D eigenvalue weighted by Crippen LogP contribution is 2.41. The normalized spacial score (nSPS) is 11.2. The molecule has 0 bridgehead atoms. The number of hydrogen-bond acceptors (Lipinski definition) is 6. The lowest BCUT2D eigenvalue weighted by Crippen LogP contribution is -1.94. The molecule has 0 saturated carbocycles. The van der Waals surface area contributed by atoms with E-state index in [1.807, 2.05) is 18.2 Å². The van der Waals surface area contributed by atoms with Crippen LogP contribution in [0, 0.1) is 6.92 Å². The predicted molar refractivity (Wildman–Crippen MR) is 99.6 cm³/mol. The van der Waals surface area contributed by atoms with Crippen LogP contribution in [0.2, 0.25) is 0 Å². The lowest BCUT2D eigenvalue weighted by Gasteiger charge is -1.89. The molecule has 0 spiro atoms. The summed E-state index contributed by atoms with van der Waals surface area (Å²) in [7, 11) is 0. The number of fused-ring (bicyclic) bond motifs is 1. The molecule has 4 aromatic rings. The fourth-order valence-corrected chi connectivity index (χ4v) is 5.53. The summed E-state index contributed by atoms with van der Waals surface area (Å²) in [6.45, 7) is 1.72. The zero-order valence-electron chi connectivity index (χ0n) is 12.4. The van der Waals surface area contributed by atoms with Crippen LogP contribution in [0.3, 0.4) is 0 Å². The molecular formula is C17H11NO3S3. The lowest BCUT2D eigenvalue weighted by molar-refractivity contribution is 0.0701. The Hall–Kier alpha value is -2.22. The molecule has 0 aliphatic heterocycles. The number of phenolic OH excluding ortho intramolecular Hbond substituents is 1. The van der Waals surface area contributed by atoms with Crippen LogP contribution >= 0.6 is 34.0 Å². The fourth-order valence-electron chi connectivity index (χ4n) is 2.44. The number of nitrogens with zero attached hydrogens (tertiary/aromatic N) is 1. The largest absolute Gasteiger partial charge is 0.508 e. The third-order valence-electron chi connectivity index (χ3n) is 3.55. The third-order valence-corrected chi connectivity index (χ3v) is 7.26. The first-order valence-electron chi connectivity index (χ1n) is 7.05. The zero-order valence-corrected chi connectivity index (χ0v) is 14.9. The van der Waals surface area contributed by atoms with Gasteiger partial charge in [-0.3, -0.25) is 0 Å². The maximum Gasteiger partial charge on any atom is 0.347 e. The molecule has 7 heteroatoms. The van der Waals surface area contributed by atoms with Gasteiger partial charge in [0.2, 0.25) is 0 Å². The molecule has 4 rings (SSSR count). The molecule has 0 aliphatic carbocycles. The van der Waals surface area contributed by atoms with Gasteiger partial charge in [-0.15, -0.1) is 34.0 Å². The summed E-state index contributed by atoms with van der Waals surface area (Å²) in [6, 6.07) is 11.4. The van der Waals surface area contributed by atoms with Crippen LogP contribution in [0.4, 0.5) is 0 Å². The van der Waals surface area contributed by atoms with E-state index in [-0.39, 0.29) is 10.6 Å². The van der Waals surface area contributed by atoms with Crippen molar-refractivity contribution in [2.75, 3.05) is 0 Å². The molecule has 1 aromatic carbocycles. The standard InChI is InChI=1S/C17H11NO3S3/c1-8-15(17(20)21)24-16(18-8)13-5-4-12(23-13)14-7-9-6-10(19)2-3-11(9)22-14/h2-7,19H,1H3,(H,20,21). The Morgan fingerprint density at radius 2 is 1.79 bits per heavy atom. The Morgan fingerprint density at radius 1 is 1.00 bits per heavy atom. The molecule has 3 heterocycles. The van der Waals surface area contributed by atoms with Crippen molar-refractivity contribution in [2.24, 2.45) is 0 Å². The molecule has 0 amide bonds. The highest BCUT2D eigenvalue weighted by atomic mass is 32.1. The number of aromatic hydroxyl groups is 1. The highest BCUT2D eigenvalue weighted by molar-refractivity contribution is 7.28. The molecule has 0 unspecified atom stereocenters. The second-order valence-electron chi connectivity index (χ2n) is 5.24. The molecule has 0 fully saturated rings. The number of carbonyl (C=O) groups is 1. The molecular weight excluding hydrogens is 362 g/mol. The number of aromatic carboxylic acids is 1. The van der Waals surface area contributed by atoms with Gasteiger partial charge >= 0.3 is 5.97 Å². The first-order valence-corrected chi connectivity index (χ1v) is 9.50. The number of phenols is 1. The molecule has 0 aliphatic rings. The van der Waals surface area contributed by atoms with Crippen LogP contribution in [0.5, 0.6) is 5.75 Å². The zero-order chi connectivity index (χ0) is 16.8. The van der Waals surface area contributed by atoms with Crippen LogP contribution in [0.15, 0.2) is 36.4 Å². The molecule has 4 nitrogen and oxygen atoms in total. The molecule has 0 radical (unpaired) electrons. The van der Waals surface area contributed by atoms with E-state index in [1.54, 1.807) is 41.7 Å². The first-order chi connectivity index (χ1) is 11.5. The Kier molecular flexibility index (Phi) is 3.64. The van der Waals surface area contributed by atoms with Crippen molar-refractivity contribution in [3.05, 3.63) is 47.0 Å². The predicted octanol–water partition coefficient (Wildman–Crippen LogP) is 5.47. The van der Waals surface area contributed by atoms with Gasteiger partial charge in [0.1, 0.15) is 15.6 Å². The van der Waals surface area contributed by atoms with Crippen molar-refractivity contribution >= 4 is 50.1 Å². The van der Waals surface area contributed by atoms with E-state index in [9.17, 15) is 9.90 Å². The van der Waals surface area contributed by atoms with Crippen LogP contribution < -0.4 is 0 Å². The quantitative estimate of drug-likeness (QED) is 0.500. The Morgan fingerprint density at radius 3 is 2.54 bits per heavy atom. The van der Waals surface area contributed by atoms with Crippen molar-refractivity contribution in [1.82, 2.24) is 4.98 Å². The summed E-state index contributed by atoms with van der Waals surface area (Å²) in [5.41, 5.74) is 0.551. The monoisotopic (exact) mass is 373 g/mol. The number of rotatable bonds is 3. The highest BCUT2D eigenvalue weighted by Gasteiger charge is 2.17. The average molecular weight is 373 g/mol. The van der Waals surface area contributed by atoms with E-state index in [1.165, 1.54) is 11.3 Å². The lowest BCUT2D eigenvalue weighted by atomic mass is 10.2. The number of aromatic nitrogens is 1. The molecule has 120 valence electrons. The van der Waals surface area contributed by atoms with E-state index in [4.69, 9.17) is 5.11 Å². The molecule has 3 aromatic heterocycles. The second-order valence-corrected chi connectivity index (χ2v) is 8.40. The van der Waals surface area contributed by atoms with Crippen molar-refractivity contribution in [2.45, 2.75) is 6.92 Å². The minimum absolute atomic E-state index is 0.262. The molecule has 0 atom stereocenters. The van der Waals surface area contributed by atoms with Gasteiger partial charge in [0.05, 0.1) is 10.6 Å². The fraction of sp³-hybridized carbons (Fsp3) is 0.0588. The number of thiophene rings is 2. The van der Waals surface area contributed by atoms with Gasteiger partial charge < -0.3 is 10.2 Å². The van der Waals surface area contributed by atoms with Crippen LogP contribution in [0.25, 0.3) is 29.7 Å². The summed E-state index contributed by atoms with van der Waals surface area (Å²) < 4.78 is 1.12. The molecule has 2 N–H and O–H groups in total. The second kappa shape index (κ2) is 5.70. The summed E-state index contributed by atoms with van der Waals surface area (Å²) >= 11 is 4.47. The molecule has 0 saturated heterocycles. The van der Waals surface area contributed by atoms with E-state index in [0.717, 1.165) is 29.7 Å². The maximum absolute atomic E-state index is 11.2. The Labute approximate surface area is 149 Å². The molecule has 24 heavy (non-hydrogen) atoms. The van der Waals surface area contributed by atoms with Gasteiger partial charge in [-0.05, 0) is 48.7 Å². The van der Waals surface area contributed by atoms with Crippen LogP contribution in [-0.2, 0) is 0 Å². The van der Waals surface area contributed by atoms with Gasteiger partial charge in [-0.1, -0.05) is 0 Å². The Bertz CT molecular complexity index is 1070. The van der Waals surface area contributed by atoms with Gasteiger partial charge in [0, 0.05) is 14.5 Å². The van der Waals surface area contributed by atoms with Gasteiger partial charge in [-0.2, -0.15) is 0 Å². The van der Waals surface area contributed by atoms with Gasteiger partial charge in [0.25, 0.3) is 0 Å². The van der Waals surface area contributed by atoms with E-state index in [0.29, 0.717) is 5.69 Å². The third kappa shape index (κ3) is 2.60. The minimum Gasteiger partial charge on any atom is -0.508 e. The number of thiazole rings is 1. The van der Waals surface area contributed by atoms with Crippen molar-refractivity contribution in [3.8, 4) is 25.4 Å². The van der Waals surface area contributed by atoms with E-state index in [2.05, 4.69) is 11.1 Å².